The Hall–Kier alpha value is -2.78. The molecule has 1 N–H and O–H groups in total. The molecule has 0 aliphatic heterocycles. The first kappa shape index (κ1) is 16.7. The molecule has 1 aliphatic rings. The zero-order valence-corrected chi connectivity index (χ0v) is 15.0. The van der Waals surface area contributed by atoms with Crippen molar-refractivity contribution in [2.24, 2.45) is 5.92 Å². The standard InChI is InChI=1S/C20H15FN2O2S/c1-9-5-14(9)13-3-4-16(21)15-7-11(6-12(8-22)17(13)15)19-23-10(2)18(26-19)20(24)25/h3-4,6-7,9,14H,5H2,1-2H3,(H,24,25)/t9-,14+/m0/s1. The molecule has 2 aromatic carbocycles. The number of halogens is 1. The number of fused-ring (bicyclic) bond motifs is 1. The molecule has 0 saturated heterocycles. The van der Waals surface area contributed by atoms with E-state index in [1.165, 1.54) is 6.07 Å². The summed E-state index contributed by atoms with van der Waals surface area (Å²) >= 11 is 1.04. The van der Waals surface area contributed by atoms with Crippen molar-refractivity contribution in [2.45, 2.75) is 26.2 Å². The number of aryl methyl sites for hydroxylation is 1. The van der Waals surface area contributed by atoms with Crippen LogP contribution in [0, 0.1) is 30.0 Å². The van der Waals surface area contributed by atoms with Crippen LogP contribution >= 0.6 is 11.3 Å². The highest BCUT2D eigenvalue weighted by Crippen LogP contribution is 2.50. The summed E-state index contributed by atoms with van der Waals surface area (Å²) in [5, 5.41) is 20.4. The summed E-state index contributed by atoms with van der Waals surface area (Å²) in [6.45, 7) is 3.77. The van der Waals surface area contributed by atoms with Crippen LogP contribution in [0.4, 0.5) is 4.39 Å². The third kappa shape index (κ3) is 2.56. The number of carbonyl (C=O) groups is 1. The Morgan fingerprint density at radius 3 is 2.73 bits per heavy atom. The zero-order valence-electron chi connectivity index (χ0n) is 14.2. The lowest BCUT2D eigenvalue weighted by Crippen LogP contribution is -1.94. The molecule has 0 amide bonds. The molecule has 4 nitrogen and oxygen atoms in total. The quantitative estimate of drug-likeness (QED) is 0.699. The second-order valence-electron chi connectivity index (χ2n) is 6.75. The molecule has 1 aliphatic carbocycles. The number of thiazole rings is 1. The SMILES string of the molecule is Cc1nc(-c2cc(C#N)c3c([C@@H]4C[C@@H]4C)ccc(F)c3c2)sc1C(=O)O. The predicted octanol–water partition coefficient (Wildman–Crippen LogP) is 5.10. The van der Waals surface area contributed by atoms with E-state index in [9.17, 15) is 19.6 Å². The van der Waals surface area contributed by atoms with Crippen LogP contribution in [0.15, 0.2) is 24.3 Å². The molecule has 4 rings (SSSR count). The molecule has 0 radical (unpaired) electrons. The molecular weight excluding hydrogens is 351 g/mol. The second-order valence-corrected chi connectivity index (χ2v) is 7.75. The fourth-order valence-electron chi connectivity index (χ4n) is 3.47. The third-order valence-corrected chi connectivity index (χ3v) is 6.16. The van der Waals surface area contributed by atoms with Crippen molar-refractivity contribution in [2.75, 3.05) is 0 Å². The van der Waals surface area contributed by atoms with E-state index in [4.69, 9.17) is 0 Å². The smallest absolute Gasteiger partial charge is 0.347 e. The van der Waals surface area contributed by atoms with E-state index < -0.39 is 5.97 Å². The van der Waals surface area contributed by atoms with Crippen molar-refractivity contribution in [3.8, 4) is 16.6 Å². The van der Waals surface area contributed by atoms with Crippen molar-refractivity contribution >= 4 is 28.1 Å². The predicted molar refractivity (Wildman–Crippen MR) is 97.9 cm³/mol. The molecule has 1 aromatic heterocycles. The normalized spacial score (nSPS) is 18.7. The summed E-state index contributed by atoms with van der Waals surface area (Å²) in [5.74, 6) is -0.530. The summed E-state index contributed by atoms with van der Waals surface area (Å²) in [5.41, 5.74) is 2.39. The van der Waals surface area contributed by atoms with Crippen LogP contribution in [0.3, 0.4) is 0 Å². The van der Waals surface area contributed by atoms with Gasteiger partial charge in [0.25, 0.3) is 0 Å². The van der Waals surface area contributed by atoms with E-state index in [-0.39, 0.29) is 10.7 Å². The third-order valence-electron chi connectivity index (χ3n) is 4.96. The number of rotatable bonds is 3. The Balaban J connectivity index is 1.97. The van der Waals surface area contributed by atoms with Gasteiger partial charge in [-0.1, -0.05) is 13.0 Å². The minimum Gasteiger partial charge on any atom is -0.477 e. The molecule has 1 heterocycles. The Morgan fingerprint density at radius 1 is 1.42 bits per heavy atom. The number of nitriles is 1. The average molecular weight is 366 g/mol. The number of aromatic carboxylic acids is 1. The first-order valence-electron chi connectivity index (χ1n) is 8.28. The Kier molecular flexibility index (Phi) is 3.78. The van der Waals surface area contributed by atoms with Gasteiger partial charge in [0.05, 0.1) is 17.3 Å². The number of hydrogen-bond acceptors (Lipinski definition) is 4. The van der Waals surface area contributed by atoms with E-state index in [0.717, 1.165) is 23.3 Å². The minimum atomic E-state index is -1.04. The van der Waals surface area contributed by atoms with E-state index in [0.29, 0.717) is 44.4 Å². The lowest BCUT2D eigenvalue weighted by atomic mass is 9.94. The highest BCUT2D eigenvalue weighted by atomic mass is 32.1. The molecule has 0 spiro atoms. The Bertz CT molecular complexity index is 1110. The monoisotopic (exact) mass is 366 g/mol. The number of hydrogen-bond donors (Lipinski definition) is 1. The highest BCUT2D eigenvalue weighted by molar-refractivity contribution is 7.17. The molecule has 2 atom stereocenters. The van der Waals surface area contributed by atoms with Crippen LogP contribution in [-0.2, 0) is 0 Å². The number of aromatic nitrogens is 1. The summed E-state index contributed by atoms with van der Waals surface area (Å²) < 4.78 is 14.6. The summed E-state index contributed by atoms with van der Waals surface area (Å²) in [6, 6.07) is 8.77. The molecule has 1 fully saturated rings. The van der Waals surface area contributed by atoms with Crippen LogP contribution in [0.25, 0.3) is 21.3 Å². The van der Waals surface area contributed by atoms with Gasteiger partial charge in [-0.25, -0.2) is 14.2 Å². The molecular formula is C20H15FN2O2S. The van der Waals surface area contributed by atoms with Crippen LogP contribution in [0.2, 0.25) is 0 Å². The van der Waals surface area contributed by atoms with Crippen molar-refractivity contribution in [1.29, 1.82) is 5.26 Å². The first-order valence-corrected chi connectivity index (χ1v) is 9.09. The molecule has 0 unspecified atom stereocenters. The largest absolute Gasteiger partial charge is 0.477 e. The van der Waals surface area contributed by atoms with E-state index >= 15 is 0 Å². The van der Waals surface area contributed by atoms with Gasteiger partial charge >= 0.3 is 5.97 Å². The van der Waals surface area contributed by atoms with Crippen LogP contribution in [0.5, 0.6) is 0 Å². The molecule has 0 bridgehead atoms. The number of carboxylic acids is 1. The van der Waals surface area contributed by atoms with E-state index in [1.807, 2.05) is 0 Å². The van der Waals surface area contributed by atoms with E-state index in [1.54, 1.807) is 25.1 Å². The summed E-state index contributed by atoms with van der Waals surface area (Å²) in [7, 11) is 0. The van der Waals surface area contributed by atoms with Crippen LogP contribution in [0.1, 0.15) is 45.8 Å². The van der Waals surface area contributed by atoms with Crippen molar-refractivity contribution in [1.82, 2.24) is 4.98 Å². The van der Waals surface area contributed by atoms with Gasteiger partial charge in [-0.3, -0.25) is 0 Å². The van der Waals surface area contributed by atoms with E-state index in [2.05, 4.69) is 18.0 Å². The van der Waals surface area contributed by atoms with Gasteiger partial charge in [0.1, 0.15) is 15.7 Å². The molecule has 6 heteroatoms. The topological polar surface area (TPSA) is 74.0 Å². The van der Waals surface area contributed by atoms with Gasteiger partial charge in [-0.15, -0.1) is 11.3 Å². The molecule has 26 heavy (non-hydrogen) atoms. The first-order chi connectivity index (χ1) is 12.4. The average Bonchev–Trinajstić information content (AvgIpc) is 3.20. The fraction of sp³-hybridized carbons (Fsp3) is 0.250. The van der Waals surface area contributed by atoms with Crippen LogP contribution < -0.4 is 0 Å². The van der Waals surface area contributed by atoms with Crippen molar-refractivity contribution in [3.05, 3.63) is 51.8 Å². The maximum Gasteiger partial charge on any atom is 0.347 e. The van der Waals surface area contributed by atoms with Crippen molar-refractivity contribution in [3.63, 3.8) is 0 Å². The zero-order chi connectivity index (χ0) is 18.6. The van der Waals surface area contributed by atoms with Gasteiger partial charge in [0.2, 0.25) is 0 Å². The molecule has 1 saturated carbocycles. The van der Waals surface area contributed by atoms with Gasteiger partial charge in [0.15, 0.2) is 0 Å². The van der Waals surface area contributed by atoms with Gasteiger partial charge in [0, 0.05) is 16.3 Å². The molecule has 130 valence electrons. The summed E-state index contributed by atoms with van der Waals surface area (Å²) in [4.78, 5) is 15.7. The number of benzene rings is 2. The number of nitrogens with zero attached hydrogens (tertiary/aromatic N) is 2. The fourth-order valence-corrected chi connectivity index (χ4v) is 4.36. The maximum absolute atomic E-state index is 14.6. The lowest BCUT2D eigenvalue weighted by Gasteiger charge is -2.10. The van der Waals surface area contributed by atoms with Gasteiger partial charge < -0.3 is 5.11 Å². The maximum atomic E-state index is 14.6. The van der Waals surface area contributed by atoms with Crippen LogP contribution in [-0.4, -0.2) is 16.1 Å². The Labute approximate surface area is 153 Å². The van der Waals surface area contributed by atoms with Crippen molar-refractivity contribution < 1.29 is 14.3 Å². The van der Waals surface area contributed by atoms with Gasteiger partial charge in [-0.2, -0.15) is 5.26 Å². The number of carboxylic acid groups (broad SMARTS) is 1. The minimum absolute atomic E-state index is 0.152. The second kappa shape index (κ2) is 5.89. The van der Waals surface area contributed by atoms with Gasteiger partial charge in [-0.05, 0) is 48.9 Å². The summed E-state index contributed by atoms with van der Waals surface area (Å²) in [6.07, 6.45) is 1.04. The highest BCUT2D eigenvalue weighted by Gasteiger charge is 2.36. The molecule has 3 aromatic rings. The Morgan fingerprint density at radius 2 is 2.15 bits per heavy atom. The lowest BCUT2D eigenvalue weighted by molar-refractivity contribution is 0.0701.